The van der Waals surface area contributed by atoms with Crippen molar-refractivity contribution in [3.05, 3.63) is 126 Å². The quantitative estimate of drug-likeness (QED) is 0.160. The molecule has 10 aromatic rings. The molecular formula is C43H25BN2O2. The van der Waals surface area contributed by atoms with Crippen LogP contribution in [0.3, 0.4) is 0 Å². The summed E-state index contributed by atoms with van der Waals surface area (Å²) in [6.07, 6.45) is 0. The maximum Gasteiger partial charge on any atom is 0.336 e. The SMILES string of the molecule is CC1(C)c2ccccc2-c2cc3c4c(c21)-c1cccc2c5c6ccccc6oc5n(c12)B4c1cccc2c4c5ccccc5oc4n-3c12. The fourth-order valence-corrected chi connectivity index (χ4v) is 10.1. The summed E-state index contributed by atoms with van der Waals surface area (Å²) in [7, 11) is 0. The van der Waals surface area contributed by atoms with Gasteiger partial charge in [0.1, 0.15) is 11.2 Å². The van der Waals surface area contributed by atoms with Gasteiger partial charge in [0.05, 0.1) is 16.3 Å². The second-order valence-corrected chi connectivity index (χ2v) is 14.4. The molecule has 0 spiro atoms. The maximum atomic E-state index is 6.87. The number of benzene rings is 6. The van der Waals surface area contributed by atoms with Crippen LogP contribution in [0.25, 0.3) is 93.9 Å². The minimum absolute atomic E-state index is 0.0725. The highest BCUT2D eigenvalue weighted by molar-refractivity contribution is 6.90. The average Bonchev–Trinajstić information content (AvgIpc) is 3.89. The van der Waals surface area contributed by atoms with Crippen molar-refractivity contribution >= 4 is 83.7 Å². The Morgan fingerprint density at radius 1 is 0.583 bits per heavy atom. The van der Waals surface area contributed by atoms with E-state index in [9.17, 15) is 0 Å². The first-order valence-corrected chi connectivity index (χ1v) is 16.8. The minimum atomic E-state index is -0.179. The summed E-state index contributed by atoms with van der Waals surface area (Å²) < 4.78 is 18.7. The van der Waals surface area contributed by atoms with E-state index in [-0.39, 0.29) is 12.3 Å². The van der Waals surface area contributed by atoms with Crippen molar-refractivity contribution in [2.75, 3.05) is 0 Å². The molecule has 222 valence electrons. The molecule has 0 N–H and O–H groups in total. The molecule has 6 aromatic carbocycles. The monoisotopic (exact) mass is 612 g/mol. The Morgan fingerprint density at radius 3 is 2.02 bits per heavy atom. The highest BCUT2D eigenvalue weighted by atomic mass is 16.3. The van der Waals surface area contributed by atoms with Crippen molar-refractivity contribution in [3.63, 3.8) is 0 Å². The lowest BCUT2D eigenvalue weighted by Gasteiger charge is -2.36. The molecule has 5 heteroatoms. The lowest BCUT2D eigenvalue weighted by molar-refractivity contribution is 0.645. The van der Waals surface area contributed by atoms with Gasteiger partial charge in [-0.2, -0.15) is 0 Å². The Morgan fingerprint density at radius 2 is 1.21 bits per heavy atom. The van der Waals surface area contributed by atoms with Crippen LogP contribution in [0.4, 0.5) is 0 Å². The molecule has 0 saturated carbocycles. The van der Waals surface area contributed by atoms with E-state index in [2.05, 4.69) is 138 Å². The van der Waals surface area contributed by atoms with Crippen molar-refractivity contribution in [1.29, 1.82) is 0 Å². The fraction of sp³-hybridized carbons (Fsp3) is 0.0698. The topological polar surface area (TPSA) is 36.1 Å². The smallest absolute Gasteiger partial charge is 0.336 e. The molecule has 4 aromatic heterocycles. The second kappa shape index (κ2) is 7.61. The second-order valence-electron chi connectivity index (χ2n) is 14.4. The van der Waals surface area contributed by atoms with Crippen molar-refractivity contribution < 1.29 is 8.83 Å². The van der Waals surface area contributed by atoms with Crippen molar-refractivity contribution in [3.8, 4) is 27.9 Å². The molecule has 0 bridgehead atoms. The lowest BCUT2D eigenvalue weighted by atomic mass is 9.45. The zero-order valence-electron chi connectivity index (χ0n) is 26.3. The molecule has 0 unspecified atom stereocenters. The minimum Gasteiger partial charge on any atom is -0.441 e. The first kappa shape index (κ1) is 24.3. The number of hydrogen-bond donors (Lipinski definition) is 0. The maximum absolute atomic E-state index is 6.87. The molecule has 0 amide bonds. The summed E-state index contributed by atoms with van der Waals surface area (Å²) >= 11 is 0. The first-order valence-electron chi connectivity index (χ1n) is 16.8. The van der Waals surface area contributed by atoms with Crippen LogP contribution in [0.1, 0.15) is 25.0 Å². The summed E-state index contributed by atoms with van der Waals surface area (Å²) in [5.74, 6) is 0. The van der Waals surface area contributed by atoms with Crippen LogP contribution in [0.5, 0.6) is 0 Å². The average molecular weight is 612 g/mol. The molecule has 0 saturated heterocycles. The zero-order valence-corrected chi connectivity index (χ0v) is 26.3. The van der Waals surface area contributed by atoms with Gasteiger partial charge in [0.25, 0.3) is 0 Å². The van der Waals surface area contributed by atoms with Gasteiger partial charge in [0.2, 0.25) is 5.71 Å². The van der Waals surface area contributed by atoms with Crippen molar-refractivity contribution in [1.82, 2.24) is 9.05 Å². The normalized spacial score (nSPS) is 15.0. The van der Waals surface area contributed by atoms with E-state index in [1.165, 1.54) is 88.0 Å². The van der Waals surface area contributed by atoms with E-state index in [4.69, 9.17) is 8.83 Å². The summed E-state index contributed by atoms with van der Waals surface area (Å²) in [6.45, 7) is 4.74. The van der Waals surface area contributed by atoms with Crippen LogP contribution in [-0.2, 0) is 5.41 Å². The fourth-order valence-electron chi connectivity index (χ4n) is 10.1. The van der Waals surface area contributed by atoms with Gasteiger partial charge < -0.3 is 13.3 Å². The van der Waals surface area contributed by atoms with Gasteiger partial charge in [-0.25, -0.2) is 0 Å². The molecule has 0 fully saturated rings. The van der Waals surface area contributed by atoms with Gasteiger partial charge in [-0.15, -0.1) is 0 Å². The van der Waals surface area contributed by atoms with E-state index >= 15 is 0 Å². The van der Waals surface area contributed by atoms with E-state index in [1.807, 2.05) is 0 Å². The molecule has 48 heavy (non-hydrogen) atoms. The first-order chi connectivity index (χ1) is 23.6. The van der Waals surface area contributed by atoms with Gasteiger partial charge in [0, 0.05) is 43.7 Å². The molecular weight excluding hydrogens is 587 g/mol. The van der Waals surface area contributed by atoms with Gasteiger partial charge in [-0.05, 0) is 56.9 Å². The van der Waals surface area contributed by atoms with Gasteiger partial charge in [0.15, 0.2) is 5.71 Å². The molecule has 13 rings (SSSR count). The Kier molecular flexibility index (Phi) is 3.85. The van der Waals surface area contributed by atoms with Crippen LogP contribution in [0.2, 0.25) is 0 Å². The summed E-state index contributed by atoms with van der Waals surface area (Å²) in [4.78, 5) is 0. The van der Waals surface area contributed by atoms with Gasteiger partial charge in [-0.1, -0.05) is 111 Å². The number of hydrogen-bond acceptors (Lipinski definition) is 2. The number of nitrogens with zero attached hydrogens (tertiary/aromatic N) is 2. The molecule has 1 aliphatic carbocycles. The van der Waals surface area contributed by atoms with Crippen molar-refractivity contribution in [2.45, 2.75) is 19.3 Å². The van der Waals surface area contributed by atoms with E-state index < -0.39 is 0 Å². The Labute approximate surface area is 274 Å². The number of fused-ring (bicyclic) bond motifs is 18. The van der Waals surface area contributed by atoms with Crippen LogP contribution < -0.4 is 10.9 Å². The van der Waals surface area contributed by atoms with E-state index in [0.29, 0.717) is 0 Å². The van der Waals surface area contributed by atoms with Crippen LogP contribution in [0.15, 0.2) is 124 Å². The third-order valence-corrected chi connectivity index (χ3v) is 11.9. The standard InChI is InChI=1S/C43H25BN2O2/c1-43(2)29-17-6-3-11-22(29)28-21-31-38-36(37(28)43)27-15-9-14-25-35-24-13-5-8-20-33(24)48-42(35)46(39(25)27)44(38)30-18-10-16-26-34-23-12-4-7-19-32(23)47-41(34)45(31)40(26)30/h3-21H,1-2H3. The van der Waals surface area contributed by atoms with Gasteiger partial charge in [-0.3, -0.25) is 4.57 Å². The van der Waals surface area contributed by atoms with Crippen molar-refractivity contribution in [2.24, 2.45) is 0 Å². The third-order valence-electron chi connectivity index (χ3n) is 11.9. The summed E-state index contributed by atoms with van der Waals surface area (Å²) in [5, 5.41) is 7.17. The predicted octanol–water partition coefficient (Wildman–Crippen LogP) is 9.64. The largest absolute Gasteiger partial charge is 0.441 e. The van der Waals surface area contributed by atoms with Crippen LogP contribution in [0, 0.1) is 0 Å². The zero-order chi connectivity index (χ0) is 31.2. The number of para-hydroxylation sites is 4. The lowest BCUT2D eigenvalue weighted by Crippen LogP contribution is -2.55. The highest BCUT2D eigenvalue weighted by Gasteiger charge is 2.48. The third kappa shape index (κ3) is 2.42. The van der Waals surface area contributed by atoms with Gasteiger partial charge >= 0.3 is 6.85 Å². The van der Waals surface area contributed by atoms with E-state index in [1.54, 1.807) is 0 Å². The molecule has 6 heterocycles. The Hall–Kier alpha value is -5.94. The predicted molar refractivity (Wildman–Crippen MR) is 197 cm³/mol. The summed E-state index contributed by atoms with van der Waals surface area (Å²) in [5.41, 5.74) is 17.9. The summed E-state index contributed by atoms with van der Waals surface area (Å²) in [6, 6.07) is 42.2. The van der Waals surface area contributed by atoms with Crippen LogP contribution in [-0.4, -0.2) is 15.9 Å². The highest BCUT2D eigenvalue weighted by Crippen LogP contribution is 2.56. The Bertz CT molecular complexity index is 3160. The Balaban J connectivity index is 1.32. The molecule has 0 atom stereocenters. The van der Waals surface area contributed by atoms with E-state index in [0.717, 1.165) is 28.0 Å². The molecule has 0 radical (unpaired) electrons. The van der Waals surface area contributed by atoms with Crippen LogP contribution >= 0.6 is 0 Å². The number of rotatable bonds is 0. The molecule has 2 aliphatic heterocycles. The molecule has 4 nitrogen and oxygen atoms in total. The number of furan rings is 2. The number of aromatic nitrogens is 2. The molecule has 3 aliphatic rings.